The fraction of sp³-hybridized carbons (Fsp3) is 0. The zero-order valence-corrected chi connectivity index (χ0v) is 21.9. The molecule has 0 bridgehead atoms. The van der Waals surface area contributed by atoms with E-state index in [4.69, 9.17) is 11.5 Å². The standard InChI is InChI=1S/C23H19AsN6O4S2/c25-21-28-22(26)30-23(29-21)27-14-11-9-13(10-12-14)24(35-17-7-3-1-5-15(17)19(31)32)36-18-8-4-2-6-16(18)20(33)34/h1-12H,(H,31,32)(H,33,34)(H5,25,26,27,28,29,30). The van der Waals surface area contributed by atoms with Crippen LogP contribution in [0.4, 0.5) is 23.5 Å². The van der Waals surface area contributed by atoms with Crippen LogP contribution in [0.5, 0.6) is 0 Å². The number of carbonyl (C=O) groups is 2. The molecule has 0 aliphatic heterocycles. The van der Waals surface area contributed by atoms with Gasteiger partial charge in [-0.1, -0.05) is 0 Å². The van der Waals surface area contributed by atoms with Gasteiger partial charge in [0.1, 0.15) is 0 Å². The first-order chi connectivity index (χ1) is 17.3. The van der Waals surface area contributed by atoms with Gasteiger partial charge in [0.25, 0.3) is 0 Å². The van der Waals surface area contributed by atoms with Crippen LogP contribution in [-0.4, -0.2) is 49.4 Å². The number of carboxylic acid groups (broad SMARTS) is 2. The van der Waals surface area contributed by atoms with Crippen LogP contribution in [0.25, 0.3) is 0 Å². The van der Waals surface area contributed by atoms with Crippen LogP contribution >= 0.6 is 20.0 Å². The van der Waals surface area contributed by atoms with E-state index < -0.39 is 24.3 Å². The molecule has 13 heteroatoms. The van der Waals surface area contributed by atoms with Crippen molar-refractivity contribution in [3.63, 3.8) is 0 Å². The summed E-state index contributed by atoms with van der Waals surface area (Å²) in [6.45, 7) is 0. The summed E-state index contributed by atoms with van der Waals surface area (Å²) in [5.41, 5.74) is 12.3. The molecule has 3 aromatic carbocycles. The molecule has 0 spiro atoms. The van der Waals surface area contributed by atoms with E-state index in [9.17, 15) is 19.8 Å². The van der Waals surface area contributed by atoms with Crippen molar-refractivity contribution < 1.29 is 19.8 Å². The molecule has 0 fully saturated rings. The van der Waals surface area contributed by atoms with E-state index in [1.54, 1.807) is 48.5 Å². The number of nitrogen functional groups attached to an aromatic ring is 2. The Balaban J connectivity index is 1.66. The Hall–Kier alpha value is -3.73. The fourth-order valence-corrected chi connectivity index (χ4v) is 15.4. The third kappa shape index (κ3) is 6.28. The third-order valence-electron chi connectivity index (χ3n) is 4.60. The van der Waals surface area contributed by atoms with Gasteiger partial charge in [0.2, 0.25) is 0 Å². The van der Waals surface area contributed by atoms with Gasteiger partial charge >= 0.3 is 217 Å². The molecule has 10 nitrogen and oxygen atoms in total. The molecule has 1 aromatic heterocycles. The summed E-state index contributed by atoms with van der Waals surface area (Å²) in [7, 11) is 2.95. The minimum absolute atomic E-state index is 0.00328. The number of aromatic nitrogens is 3. The molecular formula is C23H19AsN6O4S2. The predicted octanol–water partition coefficient (Wildman–Crippen LogP) is 3.46. The zero-order chi connectivity index (χ0) is 25.7. The van der Waals surface area contributed by atoms with Crippen LogP contribution in [0.15, 0.2) is 82.6 Å². The molecule has 0 unspecified atom stereocenters. The topological polar surface area (TPSA) is 177 Å². The van der Waals surface area contributed by atoms with Gasteiger partial charge in [-0.15, -0.1) is 0 Å². The normalized spacial score (nSPS) is 10.8. The molecule has 0 radical (unpaired) electrons. The zero-order valence-electron chi connectivity index (χ0n) is 18.4. The first-order valence-corrected chi connectivity index (χ1v) is 17.3. The summed E-state index contributed by atoms with van der Waals surface area (Å²) >= 11 is -2.20. The molecule has 7 N–H and O–H groups in total. The summed E-state index contributed by atoms with van der Waals surface area (Å²) in [6, 6.07) is 21.1. The van der Waals surface area contributed by atoms with Crippen molar-refractivity contribution in [2.45, 2.75) is 9.79 Å². The fourth-order valence-electron chi connectivity index (χ4n) is 3.01. The first-order valence-electron chi connectivity index (χ1n) is 10.2. The second-order valence-electron chi connectivity index (χ2n) is 7.09. The maximum absolute atomic E-state index is 11.8. The number of anilines is 4. The summed E-state index contributed by atoms with van der Waals surface area (Å²) < 4.78 is 0.984. The van der Waals surface area contributed by atoms with Crippen molar-refractivity contribution >= 4 is 72.2 Å². The average Bonchev–Trinajstić information content (AvgIpc) is 2.84. The third-order valence-corrected chi connectivity index (χ3v) is 16.6. The number of hydrogen-bond acceptors (Lipinski definition) is 10. The molecular weight excluding hydrogens is 563 g/mol. The van der Waals surface area contributed by atoms with Crippen LogP contribution in [-0.2, 0) is 0 Å². The van der Waals surface area contributed by atoms with Gasteiger partial charge in [-0.25, -0.2) is 0 Å². The quantitative estimate of drug-likeness (QED) is 0.182. The van der Waals surface area contributed by atoms with Gasteiger partial charge in [0.05, 0.1) is 0 Å². The molecule has 0 aliphatic rings. The predicted molar refractivity (Wildman–Crippen MR) is 142 cm³/mol. The Morgan fingerprint density at radius 2 is 1.19 bits per heavy atom. The van der Waals surface area contributed by atoms with Gasteiger partial charge in [-0.2, -0.15) is 0 Å². The molecule has 1 heterocycles. The molecule has 182 valence electrons. The van der Waals surface area contributed by atoms with Gasteiger partial charge in [-0.05, 0) is 0 Å². The second-order valence-corrected chi connectivity index (χ2v) is 17.8. The minimum atomic E-state index is -2.20. The van der Waals surface area contributed by atoms with E-state index >= 15 is 0 Å². The number of rotatable bonds is 9. The number of benzene rings is 3. The Morgan fingerprint density at radius 3 is 1.67 bits per heavy atom. The summed E-state index contributed by atoms with van der Waals surface area (Å²) in [5, 5.41) is 22.3. The Labute approximate surface area is 216 Å². The molecule has 4 rings (SSSR count). The average molecular weight is 582 g/mol. The van der Waals surface area contributed by atoms with Gasteiger partial charge in [-0.3, -0.25) is 0 Å². The van der Waals surface area contributed by atoms with Crippen LogP contribution in [0.2, 0.25) is 0 Å². The van der Waals surface area contributed by atoms with Gasteiger partial charge in [0, 0.05) is 0 Å². The molecule has 0 amide bonds. The van der Waals surface area contributed by atoms with E-state index in [1.807, 2.05) is 24.3 Å². The van der Waals surface area contributed by atoms with Crippen LogP contribution in [0, 0.1) is 0 Å². The Bertz CT molecular complexity index is 1340. The molecule has 0 saturated heterocycles. The second kappa shape index (κ2) is 11.3. The number of nitrogens with one attached hydrogen (secondary N) is 1. The summed E-state index contributed by atoms with van der Waals surface area (Å²) in [5.74, 6) is -1.83. The van der Waals surface area contributed by atoms with E-state index in [2.05, 4.69) is 20.3 Å². The van der Waals surface area contributed by atoms with Crippen LogP contribution in [0.3, 0.4) is 0 Å². The maximum atomic E-state index is 11.8. The van der Waals surface area contributed by atoms with Crippen molar-refractivity contribution in [3.05, 3.63) is 83.9 Å². The van der Waals surface area contributed by atoms with E-state index in [1.165, 1.54) is 20.0 Å². The van der Waals surface area contributed by atoms with Crippen LogP contribution < -0.4 is 21.1 Å². The van der Waals surface area contributed by atoms with Crippen LogP contribution in [0.1, 0.15) is 20.7 Å². The van der Waals surface area contributed by atoms with E-state index in [0.717, 1.165) is 4.35 Å². The number of nitrogens with two attached hydrogens (primary N) is 2. The van der Waals surface area contributed by atoms with Crippen molar-refractivity contribution in [2.75, 3.05) is 16.8 Å². The van der Waals surface area contributed by atoms with Crippen molar-refractivity contribution in [2.24, 2.45) is 0 Å². The number of carboxylic acids is 2. The number of nitrogens with zero attached hydrogens (tertiary/aromatic N) is 3. The molecule has 36 heavy (non-hydrogen) atoms. The summed E-state index contributed by atoms with van der Waals surface area (Å²) in [6.07, 6.45) is 0. The van der Waals surface area contributed by atoms with Crippen molar-refractivity contribution in [1.82, 2.24) is 15.0 Å². The Kier molecular flexibility index (Phi) is 7.99. The first kappa shape index (κ1) is 25.4. The van der Waals surface area contributed by atoms with E-state index in [-0.39, 0.29) is 29.0 Å². The summed E-state index contributed by atoms with van der Waals surface area (Å²) in [4.78, 5) is 36.6. The monoisotopic (exact) mass is 582 g/mol. The SMILES string of the molecule is Nc1nc(N)nc(Nc2ccc([As](Sc3ccccc3C(=O)O)Sc3ccccc3C(=O)O)cc2)n1. The molecule has 0 saturated carbocycles. The van der Waals surface area contributed by atoms with Gasteiger partial charge in [0.15, 0.2) is 0 Å². The Morgan fingerprint density at radius 1 is 0.722 bits per heavy atom. The van der Waals surface area contributed by atoms with Crippen molar-refractivity contribution in [3.8, 4) is 0 Å². The molecule has 4 aromatic rings. The number of hydrogen-bond donors (Lipinski definition) is 5. The van der Waals surface area contributed by atoms with Gasteiger partial charge < -0.3 is 0 Å². The van der Waals surface area contributed by atoms with Crippen molar-refractivity contribution in [1.29, 1.82) is 0 Å². The molecule has 0 atom stereocenters. The van der Waals surface area contributed by atoms with E-state index in [0.29, 0.717) is 15.5 Å². The molecule has 0 aliphatic carbocycles. The number of aromatic carboxylic acids is 2.